The third-order valence-corrected chi connectivity index (χ3v) is 4.48. The molecule has 0 amide bonds. The van der Waals surface area contributed by atoms with Crippen LogP contribution in [0, 0.1) is 0 Å². The SMILES string of the molecule is Nc1cc2ccccc2c(S(=O)(=O)[O-])c1S(=O)(=O)[O-].[K+].[K+]. The first-order valence-corrected chi connectivity index (χ1v) is 7.67. The van der Waals surface area contributed by atoms with Crippen LogP contribution in [0.15, 0.2) is 40.1 Å². The second-order valence-corrected chi connectivity index (χ2v) is 6.39. The third kappa shape index (κ3) is 5.03. The molecule has 0 atom stereocenters. The molecule has 0 aliphatic heterocycles. The average Bonchev–Trinajstić information content (AvgIpc) is 2.24. The molecule has 0 heterocycles. The number of hydrogen-bond donors (Lipinski definition) is 1. The van der Waals surface area contributed by atoms with Gasteiger partial charge in [-0.15, -0.1) is 0 Å². The number of anilines is 1. The molecule has 2 aromatic carbocycles. The van der Waals surface area contributed by atoms with Gasteiger partial charge < -0.3 is 14.8 Å². The van der Waals surface area contributed by atoms with E-state index in [1.54, 1.807) is 6.07 Å². The van der Waals surface area contributed by atoms with Crippen molar-refractivity contribution in [2.24, 2.45) is 0 Å². The molecule has 0 unspecified atom stereocenters. The number of hydrogen-bond acceptors (Lipinski definition) is 7. The summed E-state index contributed by atoms with van der Waals surface area (Å²) < 4.78 is 67.1. The third-order valence-electron chi connectivity index (χ3n) is 2.48. The number of fused-ring (bicyclic) bond motifs is 1. The Labute approximate surface area is 207 Å². The van der Waals surface area contributed by atoms with Gasteiger partial charge in [-0.1, -0.05) is 24.3 Å². The van der Waals surface area contributed by atoms with E-state index in [1.165, 1.54) is 18.2 Å². The Bertz CT molecular complexity index is 880. The molecule has 0 aliphatic carbocycles. The zero-order valence-electron chi connectivity index (χ0n) is 11.2. The van der Waals surface area contributed by atoms with Gasteiger partial charge in [0.2, 0.25) is 0 Å². The summed E-state index contributed by atoms with van der Waals surface area (Å²) in [5.74, 6) is 0. The predicted octanol–water partition coefficient (Wildman–Crippen LogP) is -5.76. The van der Waals surface area contributed by atoms with E-state index in [1.807, 2.05) is 0 Å². The summed E-state index contributed by atoms with van der Waals surface area (Å²) in [5, 5.41) is 0.1000. The summed E-state index contributed by atoms with van der Waals surface area (Å²) in [5.41, 5.74) is 4.82. The Kier molecular flexibility index (Phi) is 8.73. The van der Waals surface area contributed by atoms with Crippen molar-refractivity contribution in [3.63, 3.8) is 0 Å². The van der Waals surface area contributed by atoms with Crippen LogP contribution in [0.1, 0.15) is 0 Å². The first-order chi connectivity index (χ1) is 8.62. The van der Waals surface area contributed by atoms with Crippen molar-refractivity contribution in [2.45, 2.75) is 9.79 Å². The Balaban J connectivity index is 0.00000200. The molecule has 0 fully saturated rings. The summed E-state index contributed by atoms with van der Waals surface area (Å²) in [6.07, 6.45) is 0. The molecule has 7 nitrogen and oxygen atoms in total. The monoisotopic (exact) mass is 379 g/mol. The molecule has 0 spiro atoms. The molecular weight excluding hydrogens is 372 g/mol. The molecule has 11 heteroatoms. The van der Waals surface area contributed by atoms with Crippen molar-refractivity contribution in [1.82, 2.24) is 0 Å². The van der Waals surface area contributed by atoms with Crippen molar-refractivity contribution in [1.29, 1.82) is 0 Å². The van der Waals surface area contributed by atoms with Crippen LogP contribution in [0.25, 0.3) is 10.8 Å². The number of rotatable bonds is 2. The van der Waals surface area contributed by atoms with Gasteiger partial charge in [-0.05, 0) is 11.5 Å². The molecule has 2 aromatic rings. The topological polar surface area (TPSA) is 140 Å². The van der Waals surface area contributed by atoms with Crippen LogP contribution < -0.4 is 109 Å². The summed E-state index contributed by atoms with van der Waals surface area (Å²) >= 11 is 0. The van der Waals surface area contributed by atoms with E-state index in [0.29, 0.717) is 0 Å². The van der Waals surface area contributed by atoms with E-state index in [9.17, 15) is 25.9 Å². The smallest absolute Gasteiger partial charge is 0.744 e. The second kappa shape index (κ2) is 8.11. The maximum atomic E-state index is 11.3. The van der Waals surface area contributed by atoms with Crippen molar-refractivity contribution >= 4 is 36.7 Å². The quantitative estimate of drug-likeness (QED) is 0.311. The summed E-state index contributed by atoms with van der Waals surface area (Å²) in [6, 6.07) is 6.77. The van der Waals surface area contributed by atoms with Crippen LogP contribution in [0.3, 0.4) is 0 Å². The summed E-state index contributed by atoms with van der Waals surface area (Å²) in [4.78, 5) is -2.29. The molecule has 0 saturated heterocycles. The standard InChI is InChI=1S/C10H9NO6S2.2K/c11-8-5-6-3-1-2-4-7(6)9(18(12,13)14)10(8)19(15,16)17;;/h1-5H,11H2,(H,12,13,14)(H,15,16,17);;/q;2*+1/p-2. The second-order valence-electron chi connectivity index (χ2n) is 3.75. The minimum Gasteiger partial charge on any atom is -0.744 e. The minimum atomic E-state index is -5.19. The fourth-order valence-electron chi connectivity index (χ4n) is 1.82. The van der Waals surface area contributed by atoms with Crippen LogP contribution in [0.2, 0.25) is 0 Å². The van der Waals surface area contributed by atoms with Crippen molar-refractivity contribution < 1.29 is 129 Å². The fraction of sp³-hybridized carbons (Fsp3) is 0. The first kappa shape index (κ1) is 22.6. The summed E-state index contributed by atoms with van der Waals surface area (Å²) in [6.45, 7) is 0. The maximum absolute atomic E-state index is 11.3. The van der Waals surface area contributed by atoms with Gasteiger partial charge in [0.15, 0.2) is 0 Å². The number of nitrogens with two attached hydrogens (primary N) is 1. The van der Waals surface area contributed by atoms with E-state index < -0.39 is 35.7 Å². The van der Waals surface area contributed by atoms with Gasteiger partial charge in [-0.3, -0.25) is 0 Å². The normalized spacial score (nSPS) is 11.5. The Morgan fingerprint density at radius 1 is 0.857 bits per heavy atom. The minimum absolute atomic E-state index is 0. The first-order valence-electron chi connectivity index (χ1n) is 4.85. The predicted molar refractivity (Wildman–Crippen MR) is 64.3 cm³/mol. The van der Waals surface area contributed by atoms with Gasteiger partial charge in [-0.2, -0.15) is 0 Å². The molecule has 0 bridgehead atoms. The largest absolute Gasteiger partial charge is 1.00 e. The fourth-order valence-corrected chi connectivity index (χ4v) is 3.92. The van der Waals surface area contributed by atoms with Crippen LogP contribution in [-0.4, -0.2) is 25.9 Å². The summed E-state index contributed by atoms with van der Waals surface area (Å²) in [7, 11) is -10.4. The van der Waals surface area contributed by atoms with E-state index >= 15 is 0 Å². The van der Waals surface area contributed by atoms with E-state index in [4.69, 9.17) is 5.73 Å². The number of benzene rings is 2. The van der Waals surface area contributed by atoms with Gasteiger partial charge in [0.1, 0.15) is 20.2 Å². The molecule has 102 valence electrons. The van der Waals surface area contributed by atoms with Gasteiger partial charge in [0.05, 0.1) is 15.5 Å². The van der Waals surface area contributed by atoms with Gasteiger partial charge >= 0.3 is 103 Å². The molecule has 2 N–H and O–H groups in total. The molecule has 0 aromatic heterocycles. The van der Waals surface area contributed by atoms with Crippen molar-refractivity contribution in [3.8, 4) is 0 Å². The molecular formula is C10H7K2NO6S2. The van der Waals surface area contributed by atoms with Gasteiger partial charge in [-0.25, -0.2) is 16.8 Å². The molecule has 0 aliphatic rings. The Morgan fingerprint density at radius 3 is 1.81 bits per heavy atom. The van der Waals surface area contributed by atoms with E-state index in [0.717, 1.165) is 6.07 Å². The van der Waals surface area contributed by atoms with Gasteiger partial charge in [0.25, 0.3) is 0 Å². The maximum Gasteiger partial charge on any atom is 1.00 e. The number of nitrogen functional groups attached to an aromatic ring is 1. The van der Waals surface area contributed by atoms with Crippen LogP contribution in [-0.2, 0) is 20.2 Å². The van der Waals surface area contributed by atoms with E-state index in [2.05, 4.69) is 0 Å². The molecule has 0 radical (unpaired) electrons. The van der Waals surface area contributed by atoms with Gasteiger partial charge in [0, 0.05) is 5.39 Å². The van der Waals surface area contributed by atoms with Crippen molar-refractivity contribution in [3.05, 3.63) is 30.3 Å². The van der Waals surface area contributed by atoms with Crippen molar-refractivity contribution in [2.75, 3.05) is 5.73 Å². The van der Waals surface area contributed by atoms with Crippen LogP contribution >= 0.6 is 0 Å². The molecule has 21 heavy (non-hydrogen) atoms. The average molecular weight is 379 g/mol. The van der Waals surface area contributed by atoms with Crippen LogP contribution in [0.5, 0.6) is 0 Å². The Morgan fingerprint density at radius 2 is 1.33 bits per heavy atom. The molecule has 0 saturated carbocycles. The zero-order valence-corrected chi connectivity index (χ0v) is 19.1. The van der Waals surface area contributed by atoms with Crippen LogP contribution in [0.4, 0.5) is 5.69 Å². The Hall–Kier alpha value is 1.59. The zero-order chi connectivity index (χ0) is 14.4. The molecule has 2 rings (SSSR count). The van der Waals surface area contributed by atoms with E-state index in [-0.39, 0.29) is 114 Å².